The Labute approximate surface area is 224 Å². The zero-order valence-electron chi connectivity index (χ0n) is 21.6. The van der Waals surface area contributed by atoms with Crippen LogP contribution in [0.5, 0.6) is 0 Å². The molecule has 4 heterocycles. The molecule has 38 heavy (non-hydrogen) atoms. The van der Waals surface area contributed by atoms with Gasteiger partial charge in [0.05, 0.1) is 17.4 Å². The number of ether oxygens (including phenoxy) is 1. The van der Waals surface area contributed by atoms with Crippen molar-refractivity contribution in [3.05, 3.63) is 64.7 Å². The first kappa shape index (κ1) is 24.0. The molecule has 0 radical (unpaired) electrons. The second-order valence-electron chi connectivity index (χ2n) is 11.0. The summed E-state index contributed by atoms with van der Waals surface area (Å²) in [5.74, 6) is 0.886. The van der Waals surface area contributed by atoms with Crippen LogP contribution in [-0.2, 0) is 11.3 Å². The molecule has 196 valence electrons. The Balaban J connectivity index is 1.10. The predicted octanol–water partition coefficient (Wildman–Crippen LogP) is 7.20. The number of nitrogens with zero attached hydrogens (tertiary/aromatic N) is 3. The van der Waals surface area contributed by atoms with Crippen LogP contribution in [0, 0.1) is 12.7 Å². The Morgan fingerprint density at radius 2 is 1.92 bits per heavy atom. The molecule has 8 heteroatoms. The lowest BCUT2D eigenvalue weighted by molar-refractivity contribution is 0.0147. The van der Waals surface area contributed by atoms with Crippen molar-refractivity contribution in [1.29, 1.82) is 0 Å². The summed E-state index contributed by atoms with van der Waals surface area (Å²) in [4.78, 5) is 18.9. The second-order valence-corrected chi connectivity index (χ2v) is 12.0. The van der Waals surface area contributed by atoms with Gasteiger partial charge in [0.1, 0.15) is 17.0 Å². The highest BCUT2D eigenvalue weighted by atomic mass is 32.1. The first-order valence-electron chi connectivity index (χ1n) is 13.5. The molecule has 3 atom stereocenters. The normalized spacial score (nSPS) is 22.9. The van der Waals surface area contributed by atoms with Gasteiger partial charge in [-0.15, -0.1) is 0 Å². The third-order valence-corrected chi connectivity index (χ3v) is 9.40. The molecule has 2 unspecified atom stereocenters. The van der Waals surface area contributed by atoms with Crippen LogP contribution in [0.15, 0.2) is 40.9 Å². The molecule has 2 saturated heterocycles. The molecule has 3 fully saturated rings. The van der Waals surface area contributed by atoms with Crippen LogP contribution in [0.4, 0.5) is 9.52 Å². The molecule has 0 amide bonds. The van der Waals surface area contributed by atoms with Crippen molar-refractivity contribution >= 4 is 32.5 Å². The van der Waals surface area contributed by atoms with Gasteiger partial charge in [-0.1, -0.05) is 40.8 Å². The highest BCUT2D eigenvalue weighted by Crippen LogP contribution is 2.46. The van der Waals surface area contributed by atoms with Gasteiger partial charge in [0, 0.05) is 34.7 Å². The number of fused-ring (bicyclic) bond motifs is 3. The molecule has 0 spiro atoms. The molecule has 6 nitrogen and oxygen atoms in total. The molecule has 2 aromatic heterocycles. The quantitative estimate of drug-likeness (QED) is 0.235. The van der Waals surface area contributed by atoms with Crippen molar-refractivity contribution in [2.24, 2.45) is 0 Å². The minimum atomic E-state index is -0.426. The van der Waals surface area contributed by atoms with Crippen LogP contribution < -0.4 is 4.90 Å². The van der Waals surface area contributed by atoms with Crippen LogP contribution in [-0.4, -0.2) is 34.1 Å². The lowest BCUT2D eigenvalue weighted by atomic mass is 9.99. The minimum absolute atomic E-state index is 0.137. The minimum Gasteiger partial charge on any atom is -0.373 e. The first-order valence-corrected chi connectivity index (χ1v) is 14.3. The fourth-order valence-corrected chi connectivity index (χ4v) is 7.41. The summed E-state index contributed by atoms with van der Waals surface area (Å²) in [6.45, 7) is 4.07. The maximum Gasteiger partial charge on any atom is 0.187 e. The summed E-state index contributed by atoms with van der Waals surface area (Å²) in [7, 11) is 0. The zero-order chi connectivity index (χ0) is 26.0. The summed E-state index contributed by atoms with van der Waals surface area (Å²) in [6, 6.07) is 12.0. The van der Waals surface area contributed by atoms with Crippen LogP contribution in [0.3, 0.4) is 0 Å². The summed E-state index contributed by atoms with van der Waals surface area (Å²) in [5, 5.41) is 5.34. The lowest BCUT2D eigenvalue weighted by Gasteiger charge is -2.38. The average molecular weight is 532 g/mol. The van der Waals surface area contributed by atoms with Crippen molar-refractivity contribution in [3.8, 4) is 11.3 Å². The van der Waals surface area contributed by atoms with E-state index in [-0.39, 0.29) is 11.9 Å². The number of anilines is 1. The van der Waals surface area contributed by atoms with E-state index in [0.29, 0.717) is 35.7 Å². The van der Waals surface area contributed by atoms with E-state index in [1.165, 1.54) is 29.9 Å². The van der Waals surface area contributed by atoms with E-state index < -0.39 is 5.82 Å². The number of Topliss-reactive ketones (excluding diaryl/α,β-unsaturated/α-hetero) is 1. The Morgan fingerprint density at radius 1 is 1.16 bits per heavy atom. The van der Waals surface area contributed by atoms with Crippen molar-refractivity contribution in [2.45, 2.75) is 83.1 Å². The Morgan fingerprint density at radius 3 is 2.63 bits per heavy atom. The van der Waals surface area contributed by atoms with Gasteiger partial charge in [0.15, 0.2) is 16.7 Å². The molecule has 2 aromatic carbocycles. The third-order valence-electron chi connectivity index (χ3n) is 8.38. The number of aromatic nitrogens is 2. The number of rotatable bonds is 7. The summed E-state index contributed by atoms with van der Waals surface area (Å²) in [6.07, 6.45) is 6.43. The molecule has 7 rings (SSSR count). The lowest BCUT2D eigenvalue weighted by Crippen LogP contribution is -2.45. The number of carbonyl (C=O) groups is 1. The topological polar surface area (TPSA) is 68.5 Å². The van der Waals surface area contributed by atoms with Gasteiger partial charge in [-0.2, -0.15) is 0 Å². The van der Waals surface area contributed by atoms with Gasteiger partial charge in [-0.05, 0) is 70.1 Å². The highest BCUT2D eigenvalue weighted by molar-refractivity contribution is 7.22. The largest absolute Gasteiger partial charge is 0.373 e. The zero-order valence-corrected chi connectivity index (χ0v) is 22.4. The van der Waals surface area contributed by atoms with Crippen LogP contribution in [0.2, 0.25) is 0 Å². The molecular weight excluding hydrogens is 501 g/mol. The fourth-order valence-electron chi connectivity index (χ4n) is 6.25. The highest BCUT2D eigenvalue weighted by Gasteiger charge is 2.43. The summed E-state index contributed by atoms with van der Waals surface area (Å²) in [5.41, 5.74) is 5.04. The maximum absolute atomic E-state index is 14.7. The summed E-state index contributed by atoms with van der Waals surface area (Å²) < 4.78 is 27.9. The number of carbonyl (C=O) groups excluding carboxylic acids is 1. The standard InChI is InChI=1S/C30H30FN3O3S/c1-16-5-3-4-6-23(16)27-24(29(37-33-27)18-7-8-18)15-36-22-13-20-9-10-21(14-22)34(20)30-32-28-25(31)11-19(17(2)35)12-26(28)38-30/h3-6,11-12,18,20-22H,7-10,13-15H2,1-2H3/t20-,21?,22?/m0/s1. The van der Waals surface area contributed by atoms with Gasteiger partial charge >= 0.3 is 0 Å². The number of aryl methyl sites for hydroxylation is 1. The molecule has 1 aliphatic carbocycles. The Kier molecular flexibility index (Phi) is 5.85. The van der Waals surface area contributed by atoms with Crippen molar-refractivity contribution in [1.82, 2.24) is 10.1 Å². The van der Waals surface area contributed by atoms with Gasteiger partial charge in [0.2, 0.25) is 0 Å². The monoisotopic (exact) mass is 531 g/mol. The molecule has 4 aromatic rings. The Hall–Kier alpha value is -3.10. The molecule has 2 bridgehead atoms. The van der Waals surface area contributed by atoms with Gasteiger partial charge < -0.3 is 14.2 Å². The maximum atomic E-state index is 14.7. The van der Waals surface area contributed by atoms with E-state index in [9.17, 15) is 9.18 Å². The Bertz CT molecular complexity index is 1530. The second kappa shape index (κ2) is 9.27. The van der Waals surface area contributed by atoms with Crippen molar-refractivity contribution in [2.75, 3.05) is 4.90 Å². The molecule has 1 saturated carbocycles. The van der Waals surface area contributed by atoms with Crippen molar-refractivity contribution < 1.29 is 18.4 Å². The van der Waals surface area contributed by atoms with Gasteiger partial charge in [-0.25, -0.2) is 9.37 Å². The van der Waals surface area contributed by atoms with Crippen molar-refractivity contribution in [3.63, 3.8) is 0 Å². The number of ketones is 1. The number of hydrogen-bond donors (Lipinski definition) is 0. The SMILES string of the molecule is CC(=O)c1cc(F)c2nc(N3C4CC[C@H]3CC(OCc3c(-c5ccccc5C)noc3C3CC3)C4)sc2c1. The summed E-state index contributed by atoms with van der Waals surface area (Å²) >= 11 is 1.48. The number of hydrogen-bond acceptors (Lipinski definition) is 7. The van der Waals surface area contributed by atoms with Crippen LogP contribution in [0.25, 0.3) is 21.5 Å². The van der Waals surface area contributed by atoms with E-state index in [4.69, 9.17) is 9.26 Å². The average Bonchev–Trinajstić information content (AvgIpc) is 3.41. The molecule has 0 N–H and O–H groups in total. The number of piperidine rings is 1. The fraction of sp³-hybridized carbons (Fsp3) is 0.433. The van der Waals surface area contributed by atoms with Gasteiger partial charge in [-0.3, -0.25) is 4.79 Å². The number of halogens is 1. The molecule has 2 aliphatic heterocycles. The number of thiazole rings is 1. The molecular formula is C30H30FN3O3S. The van der Waals surface area contributed by atoms with E-state index >= 15 is 0 Å². The van der Waals surface area contributed by atoms with Gasteiger partial charge in [0.25, 0.3) is 0 Å². The third kappa shape index (κ3) is 4.14. The predicted molar refractivity (Wildman–Crippen MR) is 145 cm³/mol. The number of benzene rings is 2. The van der Waals surface area contributed by atoms with E-state index in [2.05, 4.69) is 34.1 Å². The van der Waals surface area contributed by atoms with E-state index in [1.807, 2.05) is 12.1 Å². The van der Waals surface area contributed by atoms with Crippen LogP contribution >= 0.6 is 11.3 Å². The molecule has 3 aliphatic rings. The van der Waals surface area contributed by atoms with E-state index in [0.717, 1.165) is 70.9 Å². The first-order chi connectivity index (χ1) is 18.5. The van der Waals surface area contributed by atoms with E-state index in [1.54, 1.807) is 6.07 Å². The van der Waals surface area contributed by atoms with Crippen LogP contribution in [0.1, 0.15) is 78.6 Å². The smallest absolute Gasteiger partial charge is 0.187 e.